The molecule has 1 fully saturated rings. The first kappa shape index (κ1) is 9.32. The second-order valence-electron chi connectivity index (χ2n) is 4.26. The van der Waals surface area contributed by atoms with Crippen LogP contribution in [-0.2, 0) is 4.74 Å². The molecule has 70 valence electrons. The Balaban J connectivity index is 2.76. The molecule has 1 aliphatic heterocycles. The Kier molecular flexibility index (Phi) is 2.04. The standard InChI is InChI=1S/C8H16N2O2/c1-7(2)5-9-6(11)12-8(3,4)10-7/h10H,5H2,1-4H3,(H,9,11). The number of hydrogen-bond acceptors (Lipinski definition) is 3. The smallest absolute Gasteiger partial charge is 0.408 e. The molecule has 0 bridgehead atoms. The highest BCUT2D eigenvalue weighted by Crippen LogP contribution is 2.15. The van der Waals surface area contributed by atoms with Crippen LogP contribution in [0.4, 0.5) is 4.79 Å². The fourth-order valence-electron chi connectivity index (χ4n) is 1.45. The maximum Gasteiger partial charge on any atom is 0.408 e. The molecule has 4 nitrogen and oxygen atoms in total. The Bertz CT molecular complexity index is 199. The summed E-state index contributed by atoms with van der Waals surface area (Å²) < 4.78 is 5.07. The van der Waals surface area contributed by atoms with Gasteiger partial charge < -0.3 is 10.1 Å². The van der Waals surface area contributed by atoms with Crippen molar-refractivity contribution in [1.29, 1.82) is 0 Å². The van der Waals surface area contributed by atoms with E-state index in [4.69, 9.17) is 4.74 Å². The average molecular weight is 172 g/mol. The van der Waals surface area contributed by atoms with Gasteiger partial charge in [0.15, 0.2) is 5.72 Å². The number of cyclic esters (lactones) is 1. The monoisotopic (exact) mass is 172 g/mol. The fraction of sp³-hybridized carbons (Fsp3) is 0.875. The number of hydrogen-bond donors (Lipinski definition) is 2. The van der Waals surface area contributed by atoms with E-state index in [1.54, 1.807) is 0 Å². The minimum absolute atomic E-state index is 0.129. The van der Waals surface area contributed by atoms with Crippen LogP contribution in [0.3, 0.4) is 0 Å². The van der Waals surface area contributed by atoms with Crippen molar-refractivity contribution in [2.24, 2.45) is 0 Å². The first-order valence-electron chi connectivity index (χ1n) is 4.07. The maximum atomic E-state index is 11.0. The largest absolute Gasteiger partial charge is 0.428 e. The third kappa shape index (κ3) is 2.37. The lowest BCUT2D eigenvalue weighted by molar-refractivity contribution is 0.00956. The molecule has 0 aromatic heterocycles. The number of carbonyl (C=O) groups excluding carboxylic acids is 1. The van der Waals surface area contributed by atoms with Crippen molar-refractivity contribution in [2.45, 2.75) is 39.0 Å². The Labute approximate surface area is 72.7 Å². The summed E-state index contributed by atoms with van der Waals surface area (Å²) in [7, 11) is 0. The van der Waals surface area contributed by atoms with E-state index in [2.05, 4.69) is 10.6 Å². The van der Waals surface area contributed by atoms with E-state index in [9.17, 15) is 4.79 Å². The van der Waals surface area contributed by atoms with Crippen molar-refractivity contribution >= 4 is 6.09 Å². The van der Waals surface area contributed by atoms with Gasteiger partial charge in [0.05, 0.1) is 0 Å². The number of carbonyl (C=O) groups is 1. The molecule has 0 aromatic carbocycles. The number of ether oxygens (including phenoxy) is 1. The van der Waals surface area contributed by atoms with Crippen LogP contribution in [0.25, 0.3) is 0 Å². The molecule has 1 heterocycles. The minimum Gasteiger partial charge on any atom is -0.428 e. The molecule has 1 amide bonds. The number of amides is 1. The fourth-order valence-corrected chi connectivity index (χ4v) is 1.45. The lowest BCUT2D eigenvalue weighted by Crippen LogP contribution is -2.53. The lowest BCUT2D eigenvalue weighted by atomic mass is 10.0. The van der Waals surface area contributed by atoms with Gasteiger partial charge in [-0.05, 0) is 27.7 Å². The van der Waals surface area contributed by atoms with Gasteiger partial charge in [-0.25, -0.2) is 4.79 Å². The van der Waals surface area contributed by atoms with E-state index in [0.717, 1.165) is 0 Å². The van der Waals surface area contributed by atoms with Crippen LogP contribution in [0.1, 0.15) is 27.7 Å². The normalized spacial score (nSPS) is 26.8. The van der Waals surface area contributed by atoms with E-state index < -0.39 is 5.72 Å². The molecule has 0 saturated carbocycles. The second-order valence-corrected chi connectivity index (χ2v) is 4.26. The molecular formula is C8H16N2O2. The van der Waals surface area contributed by atoms with Crippen molar-refractivity contribution in [3.63, 3.8) is 0 Å². The molecule has 1 rings (SSSR count). The van der Waals surface area contributed by atoms with E-state index >= 15 is 0 Å². The van der Waals surface area contributed by atoms with Crippen LogP contribution >= 0.6 is 0 Å². The summed E-state index contributed by atoms with van der Waals surface area (Å²) in [6, 6.07) is 0. The maximum absolute atomic E-state index is 11.0. The average Bonchev–Trinajstić information content (AvgIpc) is 1.86. The van der Waals surface area contributed by atoms with Crippen molar-refractivity contribution in [3.8, 4) is 0 Å². The first-order chi connectivity index (χ1) is 5.31. The van der Waals surface area contributed by atoms with Gasteiger partial charge in [-0.15, -0.1) is 0 Å². The molecule has 12 heavy (non-hydrogen) atoms. The summed E-state index contributed by atoms with van der Waals surface area (Å²) in [5.41, 5.74) is -0.722. The van der Waals surface area contributed by atoms with Crippen LogP contribution in [0.2, 0.25) is 0 Å². The summed E-state index contributed by atoms with van der Waals surface area (Å²) >= 11 is 0. The molecule has 1 aliphatic rings. The van der Waals surface area contributed by atoms with Crippen molar-refractivity contribution < 1.29 is 9.53 Å². The topological polar surface area (TPSA) is 50.4 Å². The third-order valence-corrected chi connectivity index (χ3v) is 1.66. The quantitative estimate of drug-likeness (QED) is 0.569. The number of nitrogens with one attached hydrogen (secondary N) is 2. The molecule has 0 aromatic rings. The molecule has 0 radical (unpaired) electrons. The Hall–Kier alpha value is -0.770. The van der Waals surface area contributed by atoms with Crippen LogP contribution in [0.15, 0.2) is 0 Å². The van der Waals surface area contributed by atoms with Gasteiger partial charge in [0.25, 0.3) is 0 Å². The summed E-state index contributed by atoms with van der Waals surface area (Å²) in [6.07, 6.45) is -0.363. The number of rotatable bonds is 0. The zero-order valence-corrected chi connectivity index (χ0v) is 8.02. The van der Waals surface area contributed by atoms with Crippen molar-refractivity contribution in [2.75, 3.05) is 6.54 Å². The zero-order chi connectivity index (χ0) is 9.41. The number of alkyl carbamates (subject to hydrolysis) is 1. The molecular weight excluding hydrogens is 156 g/mol. The minimum atomic E-state index is -0.593. The van der Waals surface area contributed by atoms with Gasteiger partial charge in [-0.1, -0.05) is 0 Å². The van der Waals surface area contributed by atoms with Crippen LogP contribution in [0.5, 0.6) is 0 Å². The van der Waals surface area contributed by atoms with Gasteiger partial charge in [0.2, 0.25) is 0 Å². The van der Waals surface area contributed by atoms with Crippen LogP contribution in [0, 0.1) is 0 Å². The molecule has 1 saturated heterocycles. The van der Waals surface area contributed by atoms with E-state index in [-0.39, 0.29) is 11.6 Å². The molecule has 2 N–H and O–H groups in total. The van der Waals surface area contributed by atoms with Crippen molar-refractivity contribution in [3.05, 3.63) is 0 Å². The van der Waals surface area contributed by atoms with E-state index in [0.29, 0.717) is 6.54 Å². The van der Waals surface area contributed by atoms with Gasteiger partial charge in [0, 0.05) is 12.1 Å². The predicted octanol–water partition coefficient (Wildman–Crippen LogP) is 0.831. The highest BCUT2D eigenvalue weighted by atomic mass is 16.6. The van der Waals surface area contributed by atoms with E-state index in [1.807, 2.05) is 27.7 Å². The third-order valence-electron chi connectivity index (χ3n) is 1.66. The Morgan fingerprint density at radius 1 is 1.33 bits per heavy atom. The molecule has 0 aliphatic carbocycles. The SMILES string of the molecule is CC1(C)CNC(=O)OC(C)(C)N1. The molecule has 0 atom stereocenters. The molecule has 0 unspecified atom stereocenters. The second kappa shape index (κ2) is 2.62. The summed E-state index contributed by atoms with van der Waals surface area (Å²) in [6.45, 7) is 8.28. The van der Waals surface area contributed by atoms with Crippen LogP contribution in [-0.4, -0.2) is 23.9 Å². The summed E-state index contributed by atoms with van der Waals surface area (Å²) in [4.78, 5) is 11.0. The van der Waals surface area contributed by atoms with Gasteiger partial charge >= 0.3 is 6.09 Å². The Morgan fingerprint density at radius 2 is 1.92 bits per heavy atom. The summed E-state index contributed by atoms with van der Waals surface area (Å²) in [5, 5.41) is 5.89. The van der Waals surface area contributed by atoms with Gasteiger partial charge in [0.1, 0.15) is 0 Å². The van der Waals surface area contributed by atoms with Gasteiger partial charge in [-0.2, -0.15) is 0 Å². The zero-order valence-electron chi connectivity index (χ0n) is 8.02. The molecule has 0 spiro atoms. The highest BCUT2D eigenvalue weighted by Gasteiger charge is 2.34. The van der Waals surface area contributed by atoms with E-state index in [1.165, 1.54) is 0 Å². The lowest BCUT2D eigenvalue weighted by Gasteiger charge is -2.31. The van der Waals surface area contributed by atoms with Crippen LogP contribution < -0.4 is 10.6 Å². The van der Waals surface area contributed by atoms with Gasteiger partial charge in [-0.3, -0.25) is 5.32 Å². The predicted molar refractivity (Wildman–Crippen MR) is 45.8 cm³/mol. The van der Waals surface area contributed by atoms with Crippen molar-refractivity contribution in [1.82, 2.24) is 10.6 Å². The summed E-state index contributed by atoms with van der Waals surface area (Å²) in [5.74, 6) is 0. The Morgan fingerprint density at radius 3 is 2.50 bits per heavy atom. The first-order valence-corrected chi connectivity index (χ1v) is 4.07. The molecule has 4 heteroatoms. The highest BCUT2D eigenvalue weighted by molar-refractivity contribution is 5.68.